The Morgan fingerprint density at radius 2 is 2.39 bits per heavy atom. The minimum Gasteiger partial charge on any atom is -0.336 e. The van der Waals surface area contributed by atoms with E-state index in [2.05, 4.69) is 22.6 Å². The molecule has 7 heteroatoms. The van der Waals surface area contributed by atoms with Crippen molar-refractivity contribution in [2.75, 3.05) is 26.2 Å². The molecule has 0 saturated carbocycles. The number of fused-ring (bicyclic) bond motifs is 1. The van der Waals surface area contributed by atoms with E-state index in [1.807, 2.05) is 4.90 Å². The standard InChI is InChI=1S/C11H21N5O2/c1-8(2-3-10(17)14-12)15-4-5-16-9(7-15)6-13-11(16)18/h8-9H,2-7,12H2,1H3,(H,13,18)(H,14,17). The van der Waals surface area contributed by atoms with Crippen LogP contribution in [0.3, 0.4) is 0 Å². The highest BCUT2D eigenvalue weighted by atomic mass is 16.2. The molecule has 7 nitrogen and oxygen atoms in total. The summed E-state index contributed by atoms with van der Waals surface area (Å²) < 4.78 is 0. The van der Waals surface area contributed by atoms with Gasteiger partial charge < -0.3 is 10.2 Å². The largest absolute Gasteiger partial charge is 0.336 e. The molecule has 0 aromatic rings. The van der Waals surface area contributed by atoms with Crippen LogP contribution >= 0.6 is 0 Å². The number of nitrogens with zero attached hydrogens (tertiary/aromatic N) is 2. The molecule has 2 rings (SSSR count). The smallest absolute Gasteiger partial charge is 0.317 e. The zero-order chi connectivity index (χ0) is 13.1. The van der Waals surface area contributed by atoms with Gasteiger partial charge in [0, 0.05) is 38.6 Å². The Kier molecular flexibility index (Phi) is 4.03. The fourth-order valence-electron chi connectivity index (χ4n) is 2.62. The van der Waals surface area contributed by atoms with Crippen molar-refractivity contribution in [1.82, 2.24) is 20.5 Å². The summed E-state index contributed by atoms with van der Waals surface area (Å²) in [6, 6.07) is 0.659. The van der Waals surface area contributed by atoms with Crippen LogP contribution in [0.25, 0.3) is 0 Å². The second-order valence-electron chi connectivity index (χ2n) is 4.98. The van der Waals surface area contributed by atoms with E-state index >= 15 is 0 Å². The van der Waals surface area contributed by atoms with Crippen LogP contribution in [0.2, 0.25) is 0 Å². The van der Waals surface area contributed by atoms with Crippen LogP contribution < -0.4 is 16.6 Å². The normalized spacial score (nSPS) is 25.6. The lowest BCUT2D eigenvalue weighted by Crippen LogP contribution is -2.54. The van der Waals surface area contributed by atoms with Gasteiger partial charge in [-0.3, -0.25) is 15.1 Å². The number of carbonyl (C=O) groups excluding carboxylic acids is 2. The molecule has 4 N–H and O–H groups in total. The molecule has 102 valence electrons. The highest BCUT2D eigenvalue weighted by molar-refractivity contribution is 5.77. The molecular formula is C11H21N5O2. The maximum absolute atomic E-state index is 11.5. The Labute approximate surface area is 107 Å². The van der Waals surface area contributed by atoms with Crippen LogP contribution in [0.15, 0.2) is 0 Å². The Morgan fingerprint density at radius 1 is 1.61 bits per heavy atom. The first kappa shape index (κ1) is 13.1. The number of hydrogen-bond acceptors (Lipinski definition) is 4. The maximum atomic E-state index is 11.5. The van der Waals surface area contributed by atoms with Crippen LogP contribution in [0, 0.1) is 0 Å². The Morgan fingerprint density at radius 3 is 3.11 bits per heavy atom. The summed E-state index contributed by atoms with van der Waals surface area (Å²) in [7, 11) is 0. The summed E-state index contributed by atoms with van der Waals surface area (Å²) in [5.74, 6) is 4.93. The van der Waals surface area contributed by atoms with Gasteiger partial charge in [0.25, 0.3) is 0 Å². The quantitative estimate of drug-likeness (QED) is 0.336. The van der Waals surface area contributed by atoms with Crippen molar-refractivity contribution < 1.29 is 9.59 Å². The van der Waals surface area contributed by atoms with Gasteiger partial charge in [-0.15, -0.1) is 0 Å². The van der Waals surface area contributed by atoms with Gasteiger partial charge in [-0.2, -0.15) is 0 Å². The molecule has 0 aromatic heterocycles. The first-order valence-electron chi connectivity index (χ1n) is 6.39. The number of amides is 3. The number of nitrogens with one attached hydrogen (secondary N) is 2. The van der Waals surface area contributed by atoms with Gasteiger partial charge in [-0.1, -0.05) is 0 Å². The van der Waals surface area contributed by atoms with Crippen molar-refractivity contribution in [3.63, 3.8) is 0 Å². The zero-order valence-electron chi connectivity index (χ0n) is 10.7. The van der Waals surface area contributed by atoms with E-state index in [-0.39, 0.29) is 18.0 Å². The third-order valence-corrected chi connectivity index (χ3v) is 3.84. The van der Waals surface area contributed by atoms with Crippen molar-refractivity contribution in [3.05, 3.63) is 0 Å². The van der Waals surface area contributed by atoms with Crippen LogP contribution in [0.1, 0.15) is 19.8 Å². The summed E-state index contributed by atoms with van der Waals surface area (Å²) in [5, 5.41) is 2.86. The Balaban J connectivity index is 1.80. The minimum atomic E-state index is -0.127. The van der Waals surface area contributed by atoms with E-state index in [4.69, 9.17) is 5.84 Å². The second kappa shape index (κ2) is 5.53. The lowest BCUT2D eigenvalue weighted by Gasteiger charge is -2.39. The van der Waals surface area contributed by atoms with Gasteiger partial charge in [0.05, 0.1) is 6.04 Å². The fraction of sp³-hybridized carbons (Fsp3) is 0.818. The number of urea groups is 1. The number of hydrazine groups is 1. The van der Waals surface area contributed by atoms with Gasteiger partial charge in [-0.25, -0.2) is 10.6 Å². The highest BCUT2D eigenvalue weighted by Crippen LogP contribution is 2.17. The van der Waals surface area contributed by atoms with E-state index in [9.17, 15) is 9.59 Å². The minimum absolute atomic E-state index is 0.0508. The van der Waals surface area contributed by atoms with E-state index in [1.165, 1.54) is 0 Å². The Hall–Kier alpha value is -1.34. The fourth-order valence-corrected chi connectivity index (χ4v) is 2.62. The van der Waals surface area contributed by atoms with Crippen LogP contribution in [0.5, 0.6) is 0 Å². The molecule has 2 aliphatic heterocycles. The summed E-state index contributed by atoms with van der Waals surface area (Å²) >= 11 is 0. The predicted octanol–water partition coefficient (Wildman–Crippen LogP) is -1.15. The third-order valence-electron chi connectivity index (χ3n) is 3.84. The summed E-state index contributed by atoms with van der Waals surface area (Å²) in [6.07, 6.45) is 1.23. The molecule has 0 radical (unpaired) electrons. The summed E-state index contributed by atoms with van der Waals surface area (Å²) in [6.45, 7) is 5.36. The number of rotatable bonds is 4. The first-order valence-corrected chi connectivity index (χ1v) is 6.39. The molecule has 2 heterocycles. The highest BCUT2D eigenvalue weighted by Gasteiger charge is 2.36. The molecule has 0 bridgehead atoms. The molecular weight excluding hydrogens is 234 g/mol. The van der Waals surface area contributed by atoms with Crippen LogP contribution in [-0.2, 0) is 4.79 Å². The molecule has 0 spiro atoms. The van der Waals surface area contributed by atoms with E-state index in [0.717, 1.165) is 32.6 Å². The van der Waals surface area contributed by atoms with Gasteiger partial charge in [-0.05, 0) is 13.3 Å². The van der Waals surface area contributed by atoms with Crippen molar-refractivity contribution in [2.24, 2.45) is 5.84 Å². The molecule has 0 aromatic carbocycles. The average molecular weight is 255 g/mol. The molecule has 0 aliphatic carbocycles. The number of carbonyl (C=O) groups is 2. The maximum Gasteiger partial charge on any atom is 0.317 e. The van der Waals surface area contributed by atoms with Crippen molar-refractivity contribution in [1.29, 1.82) is 0 Å². The molecule has 3 amide bonds. The molecule has 18 heavy (non-hydrogen) atoms. The molecule has 2 aliphatic rings. The second-order valence-corrected chi connectivity index (χ2v) is 4.98. The Bertz CT molecular complexity index is 335. The number of piperazine rings is 1. The van der Waals surface area contributed by atoms with E-state index in [1.54, 1.807) is 0 Å². The molecule has 2 atom stereocenters. The van der Waals surface area contributed by atoms with Gasteiger partial charge >= 0.3 is 6.03 Å². The molecule has 2 saturated heterocycles. The lowest BCUT2D eigenvalue weighted by molar-refractivity contribution is -0.121. The summed E-state index contributed by atoms with van der Waals surface area (Å²) in [4.78, 5) is 26.8. The van der Waals surface area contributed by atoms with Crippen LogP contribution in [0.4, 0.5) is 4.79 Å². The lowest BCUT2D eigenvalue weighted by atomic mass is 10.1. The van der Waals surface area contributed by atoms with E-state index < -0.39 is 0 Å². The summed E-state index contributed by atoms with van der Waals surface area (Å²) in [5.41, 5.74) is 2.15. The van der Waals surface area contributed by atoms with E-state index in [0.29, 0.717) is 12.5 Å². The zero-order valence-corrected chi connectivity index (χ0v) is 10.7. The van der Waals surface area contributed by atoms with Gasteiger partial charge in [0.15, 0.2) is 0 Å². The predicted molar refractivity (Wildman–Crippen MR) is 66.5 cm³/mol. The van der Waals surface area contributed by atoms with Crippen LogP contribution in [-0.4, -0.2) is 60.0 Å². The first-order chi connectivity index (χ1) is 8.61. The molecule has 2 fully saturated rings. The number of hydrogen-bond donors (Lipinski definition) is 3. The SMILES string of the molecule is CC(CCC(=O)NN)N1CCN2C(=O)NCC2C1. The molecule has 2 unspecified atom stereocenters. The van der Waals surface area contributed by atoms with Gasteiger partial charge in [0.1, 0.15) is 0 Å². The topological polar surface area (TPSA) is 90.7 Å². The third kappa shape index (κ3) is 2.73. The van der Waals surface area contributed by atoms with Crippen molar-refractivity contribution in [2.45, 2.75) is 31.8 Å². The monoisotopic (exact) mass is 255 g/mol. The number of nitrogens with two attached hydrogens (primary N) is 1. The van der Waals surface area contributed by atoms with Crippen molar-refractivity contribution >= 4 is 11.9 Å². The van der Waals surface area contributed by atoms with Crippen molar-refractivity contribution in [3.8, 4) is 0 Å². The average Bonchev–Trinajstić information content (AvgIpc) is 2.76. The van der Waals surface area contributed by atoms with Gasteiger partial charge in [0.2, 0.25) is 5.91 Å².